The monoisotopic (exact) mass is 284 g/mol. The first-order chi connectivity index (χ1) is 10.2. The second-order valence-corrected chi connectivity index (χ2v) is 5.97. The molecule has 0 amide bonds. The highest BCUT2D eigenvalue weighted by Gasteiger charge is 2.33. The third-order valence-corrected chi connectivity index (χ3v) is 4.41. The standard InChI is InChI=1S/C17H24N4/c1-4-9-18-17(15-11-21(3)20-12(15)2)14-8-7-13-6-5-10-19-16(13)14/h5-6,10-11,14,17-18H,4,7-9H2,1-3H3. The summed E-state index contributed by atoms with van der Waals surface area (Å²) >= 11 is 0. The number of pyridine rings is 1. The van der Waals surface area contributed by atoms with Crippen molar-refractivity contribution in [1.29, 1.82) is 0 Å². The van der Waals surface area contributed by atoms with E-state index < -0.39 is 0 Å². The lowest BCUT2D eigenvalue weighted by molar-refractivity contribution is 0.435. The number of hydrogen-bond donors (Lipinski definition) is 1. The molecule has 4 heteroatoms. The van der Waals surface area contributed by atoms with E-state index in [0.29, 0.717) is 12.0 Å². The van der Waals surface area contributed by atoms with Crippen LogP contribution in [0.5, 0.6) is 0 Å². The predicted molar refractivity (Wildman–Crippen MR) is 84.3 cm³/mol. The molecule has 2 atom stereocenters. The van der Waals surface area contributed by atoms with Crippen molar-refractivity contribution in [1.82, 2.24) is 20.1 Å². The molecule has 0 radical (unpaired) electrons. The molecule has 1 aliphatic rings. The quantitative estimate of drug-likeness (QED) is 0.918. The van der Waals surface area contributed by atoms with Crippen molar-refractivity contribution in [3.05, 3.63) is 47.0 Å². The zero-order chi connectivity index (χ0) is 14.8. The SMILES string of the molecule is CCCNC(c1cn(C)nc1C)C1CCc2cccnc21. The highest BCUT2D eigenvalue weighted by atomic mass is 15.3. The van der Waals surface area contributed by atoms with E-state index in [4.69, 9.17) is 0 Å². The van der Waals surface area contributed by atoms with Crippen molar-refractivity contribution in [2.75, 3.05) is 6.54 Å². The largest absolute Gasteiger partial charge is 0.309 e. The van der Waals surface area contributed by atoms with Gasteiger partial charge in [-0.2, -0.15) is 5.10 Å². The van der Waals surface area contributed by atoms with Crippen molar-refractivity contribution in [3.8, 4) is 0 Å². The molecule has 2 unspecified atom stereocenters. The lowest BCUT2D eigenvalue weighted by Gasteiger charge is -2.25. The van der Waals surface area contributed by atoms with E-state index in [-0.39, 0.29) is 0 Å². The van der Waals surface area contributed by atoms with E-state index in [1.54, 1.807) is 0 Å². The number of nitrogens with one attached hydrogen (secondary N) is 1. The molecule has 4 nitrogen and oxygen atoms in total. The summed E-state index contributed by atoms with van der Waals surface area (Å²) in [5.41, 5.74) is 5.12. The van der Waals surface area contributed by atoms with E-state index in [1.165, 1.54) is 23.2 Å². The van der Waals surface area contributed by atoms with Gasteiger partial charge < -0.3 is 5.32 Å². The fraction of sp³-hybridized carbons (Fsp3) is 0.529. The summed E-state index contributed by atoms with van der Waals surface area (Å²) in [6.45, 7) is 5.34. The van der Waals surface area contributed by atoms with Gasteiger partial charge >= 0.3 is 0 Å². The minimum absolute atomic E-state index is 0.315. The average molecular weight is 284 g/mol. The fourth-order valence-corrected chi connectivity index (χ4v) is 3.46. The number of aryl methyl sites for hydroxylation is 3. The Bertz CT molecular complexity index is 617. The van der Waals surface area contributed by atoms with Gasteiger partial charge in [-0.05, 0) is 44.4 Å². The van der Waals surface area contributed by atoms with Crippen LogP contribution >= 0.6 is 0 Å². The Kier molecular flexibility index (Phi) is 4.06. The molecular weight excluding hydrogens is 260 g/mol. The van der Waals surface area contributed by atoms with Gasteiger partial charge in [-0.25, -0.2) is 0 Å². The van der Waals surface area contributed by atoms with E-state index >= 15 is 0 Å². The van der Waals surface area contributed by atoms with Gasteiger partial charge in [0, 0.05) is 42.7 Å². The fourth-order valence-electron chi connectivity index (χ4n) is 3.46. The molecule has 2 aromatic heterocycles. The summed E-state index contributed by atoms with van der Waals surface area (Å²) in [7, 11) is 1.99. The molecule has 0 aliphatic heterocycles. The highest BCUT2D eigenvalue weighted by Crippen LogP contribution is 2.41. The third-order valence-electron chi connectivity index (χ3n) is 4.41. The van der Waals surface area contributed by atoms with Gasteiger partial charge in [-0.3, -0.25) is 9.67 Å². The molecule has 2 heterocycles. The molecule has 0 spiro atoms. The summed E-state index contributed by atoms with van der Waals surface area (Å²) in [4.78, 5) is 4.66. The van der Waals surface area contributed by atoms with E-state index in [2.05, 4.69) is 41.5 Å². The molecule has 2 aromatic rings. The van der Waals surface area contributed by atoms with Crippen LogP contribution in [0.1, 0.15) is 54.2 Å². The van der Waals surface area contributed by atoms with Crippen LogP contribution in [-0.4, -0.2) is 21.3 Å². The minimum atomic E-state index is 0.315. The molecule has 1 N–H and O–H groups in total. The van der Waals surface area contributed by atoms with Crippen molar-refractivity contribution in [2.45, 2.75) is 45.1 Å². The predicted octanol–water partition coefficient (Wildman–Crippen LogP) is 2.89. The summed E-state index contributed by atoms with van der Waals surface area (Å²) in [6.07, 6.45) is 7.52. The van der Waals surface area contributed by atoms with Crippen molar-refractivity contribution in [3.63, 3.8) is 0 Å². The first kappa shape index (κ1) is 14.3. The number of nitrogens with zero attached hydrogens (tertiary/aromatic N) is 3. The van der Waals surface area contributed by atoms with Crippen LogP contribution in [0.25, 0.3) is 0 Å². The van der Waals surface area contributed by atoms with Crippen LogP contribution < -0.4 is 5.32 Å². The topological polar surface area (TPSA) is 42.7 Å². The number of rotatable bonds is 5. The molecule has 21 heavy (non-hydrogen) atoms. The molecule has 1 aliphatic carbocycles. The number of aromatic nitrogens is 3. The molecule has 0 saturated carbocycles. The van der Waals surface area contributed by atoms with E-state index in [1.807, 2.05) is 24.0 Å². The Labute approximate surface area is 126 Å². The lowest BCUT2D eigenvalue weighted by Crippen LogP contribution is -2.27. The number of fused-ring (bicyclic) bond motifs is 1. The maximum absolute atomic E-state index is 4.66. The second kappa shape index (κ2) is 5.98. The third kappa shape index (κ3) is 2.72. The van der Waals surface area contributed by atoms with Crippen LogP contribution in [0.15, 0.2) is 24.5 Å². The van der Waals surface area contributed by atoms with Gasteiger partial charge in [0.25, 0.3) is 0 Å². The maximum atomic E-state index is 4.66. The molecule has 3 rings (SSSR count). The number of hydrogen-bond acceptors (Lipinski definition) is 3. The van der Waals surface area contributed by atoms with Gasteiger partial charge in [0.05, 0.1) is 5.69 Å². The Morgan fingerprint density at radius 3 is 3.05 bits per heavy atom. The Balaban J connectivity index is 1.95. The van der Waals surface area contributed by atoms with Gasteiger partial charge in [-0.1, -0.05) is 13.0 Å². The Morgan fingerprint density at radius 1 is 1.48 bits per heavy atom. The first-order valence-corrected chi connectivity index (χ1v) is 7.88. The zero-order valence-electron chi connectivity index (χ0n) is 13.1. The van der Waals surface area contributed by atoms with Crippen molar-refractivity contribution >= 4 is 0 Å². The minimum Gasteiger partial charge on any atom is -0.309 e. The maximum Gasteiger partial charge on any atom is 0.0641 e. The summed E-state index contributed by atoms with van der Waals surface area (Å²) in [6, 6.07) is 4.58. The van der Waals surface area contributed by atoms with Crippen LogP contribution in [0, 0.1) is 6.92 Å². The van der Waals surface area contributed by atoms with Crippen LogP contribution in [0.3, 0.4) is 0 Å². The van der Waals surface area contributed by atoms with Crippen LogP contribution in [-0.2, 0) is 13.5 Å². The highest BCUT2D eigenvalue weighted by molar-refractivity contribution is 5.34. The summed E-state index contributed by atoms with van der Waals surface area (Å²) in [5, 5.41) is 8.25. The molecule has 0 aromatic carbocycles. The normalized spacial score (nSPS) is 18.7. The van der Waals surface area contributed by atoms with Crippen molar-refractivity contribution in [2.24, 2.45) is 7.05 Å². The second-order valence-electron chi connectivity index (χ2n) is 5.97. The molecule has 0 saturated heterocycles. The van der Waals surface area contributed by atoms with Gasteiger partial charge in [0.2, 0.25) is 0 Å². The zero-order valence-corrected chi connectivity index (χ0v) is 13.1. The molecule has 0 fully saturated rings. The summed E-state index contributed by atoms with van der Waals surface area (Å²) < 4.78 is 1.92. The summed E-state index contributed by atoms with van der Waals surface area (Å²) in [5.74, 6) is 0.454. The van der Waals surface area contributed by atoms with E-state index in [9.17, 15) is 0 Å². The molecule has 112 valence electrons. The lowest BCUT2D eigenvalue weighted by atomic mass is 9.91. The van der Waals surface area contributed by atoms with Crippen LogP contribution in [0.4, 0.5) is 0 Å². The van der Waals surface area contributed by atoms with Crippen LogP contribution in [0.2, 0.25) is 0 Å². The van der Waals surface area contributed by atoms with Gasteiger partial charge in [0.1, 0.15) is 0 Å². The smallest absolute Gasteiger partial charge is 0.0641 e. The van der Waals surface area contributed by atoms with Crippen molar-refractivity contribution < 1.29 is 0 Å². The Morgan fingerprint density at radius 2 is 2.33 bits per heavy atom. The molecule has 0 bridgehead atoms. The average Bonchev–Trinajstić information content (AvgIpc) is 3.04. The first-order valence-electron chi connectivity index (χ1n) is 7.88. The van der Waals surface area contributed by atoms with E-state index in [0.717, 1.165) is 25.1 Å². The van der Waals surface area contributed by atoms with Gasteiger partial charge in [-0.15, -0.1) is 0 Å². The molecular formula is C17H24N4. The van der Waals surface area contributed by atoms with Gasteiger partial charge in [0.15, 0.2) is 0 Å². The Hall–Kier alpha value is -1.68.